The Hall–Kier alpha value is -1.71. The van der Waals surface area contributed by atoms with Gasteiger partial charge in [-0.2, -0.15) is 0 Å². The Morgan fingerprint density at radius 1 is 1.43 bits per heavy atom. The number of nitrogen functional groups attached to an aromatic ring is 1. The lowest BCUT2D eigenvalue weighted by Crippen LogP contribution is -2.10. The number of benzene rings is 1. The molecule has 0 saturated carbocycles. The highest BCUT2D eigenvalue weighted by Crippen LogP contribution is 2.35. The molecule has 76 valence electrons. The molecule has 0 amide bonds. The molecule has 0 heterocycles. The summed E-state index contributed by atoms with van der Waals surface area (Å²) in [7, 11) is 5.47. The van der Waals surface area contributed by atoms with Crippen molar-refractivity contribution < 1.29 is 4.74 Å². The number of nitrogens with two attached hydrogens (primary N) is 1. The molecule has 1 aromatic carbocycles. The van der Waals surface area contributed by atoms with Crippen LogP contribution in [0.5, 0.6) is 5.75 Å². The molecule has 2 N–H and O–H groups in total. The SMILES string of the molecule is C=Nc1cc(OC)c(N(C)C)cc1N. The third kappa shape index (κ3) is 1.79. The van der Waals surface area contributed by atoms with E-state index in [-0.39, 0.29) is 0 Å². The van der Waals surface area contributed by atoms with E-state index in [2.05, 4.69) is 11.7 Å². The van der Waals surface area contributed by atoms with Crippen LogP contribution in [0.3, 0.4) is 0 Å². The summed E-state index contributed by atoms with van der Waals surface area (Å²) in [5, 5.41) is 0. The van der Waals surface area contributed by atoms with Crippen molar-refractivity contribution in [3.8, 4) is 5.75 Å². The molecule has 1 rings (SSSR count). The molecule has 0 spiro atoms. The Bertz CT molecular complexity index is 347. The summed E-state index contributed by atoms with van der Waals surface area (Å²) in [6.45, 7) is 3.44. The summed E-state index contributed by atoms with van der Waals surface area (Å²) in [5.41, 5.74) is 7.95. The molecule has 0 unspecified atom stereocenters. The van der Waals surface area contributed by atoms with Crippen LogP contribution in [0.15, 0.2) is 17.1 Å². The molecule has 14 heavy (non-hydrogen) atoms. The van der Waals surface area contributed by atoms with Gasteiger partial charge in [-0.15, -0.1) is 0 Å². The van der Waals surface area contributed by atoms with Gasteiger partial charge in [0.25, 0.3) is 0 Å². The van der Waals surface area contributed by atoms with Gasteiger partial charge in [0.2, 0.25) is 0 Å². The number of ether oxygens (including phenoxy) is 1. The van der Waals surface area contributed by atoms with E-state index in [1.165, 1.54) is 0 Å². The Morgan fingerprint density at radius 3 is 2.50 bits per heavy atom. The molecule has 0 bridgehead atoms. The highest BCUT2D eigenvalue weighted by Gasteiger charge is 2.08. The van der Waals surface area contributed by atoms with Crippen LogP contribution in [0.1, 0.15) is 0 Å². The first kappa shape index (κ1) is 10.4. The number of aliphatic imine (C=N–C) groups is 1. The van der Waals surface area contributed by atoms with Gasteiger partial charge in [-0.3, -0.25) is 4.99 Å². The van der Waals surface area contributed by atoms with Gasteiger partial charge in [-0.05, 0) is 12.8 Å². The summed E-state index contributed by atoms with van der Waals surface area (Å²) >= 11 is 0. The van der Waals surface area contributed by atoms with Crippen LogP contribution in [-0.4, -0.2) is 27.9 Å². The zero-order valence-electron chi connectivity index (χ0n) is 8.74. The predicted molar refractivity (Wildman–Crippen MR) is 60.9 cm³/mol. The number of methoxy groups -OCH3 is 1. The zero-order valence-corrected chi connectivity index (χ0v) is 8.74. The van der Waals surface area contributed by atoms with E-state index in [0.717, 1.165) is 11.4 Å². The van der Waals surface area contributed by atoms with Crippen molar-refractivity contribution >= 4 is 23.8 Å². The molecule has 0 aliphatic rings. The number of anilines is 2. The van der Waals surface area contributed by atoms with E-state index in [0.29, 0.717) is 11.4 Å². The topological polar surface area (TPSA) is 50.8 Å². The first-order chi connectivity index (χ1) is 6.60. The molecule has 0 radical (unpaired) electrons. The van der Waals surface area contributed by atoms with E-state index in [1.54, 1.807) is 13.2 Å². The molecule has 4 nitrogen and oxygen atoms in total. The van der Waals surface area contributed by atoms with E-state index in [4.69, 9.17) is 10.5 Å². The number of rotatable bonds is 3. The van der Waals surface area contributed by atoms with Gasteiger partial charge >= 0.3 is 0 Å². The van der Waals surface area contributed by atoms with Gasteiger partial charge in [0.1, 0.15) is 5.75 Å². The summed E-state index contributed by atoms with van der Waals surface area (Å²) in [6.07, 6.45) is 0. The summed E-state index contributed by atoms with van der Waals surface area (Å²) < 4.78 is 5.22. The number of hydrogen-bond acceptors (Lipinski definition) is 4. The van der Waals surface area contributed by atoms with Gasteiger partial charge in [0, 0.05) is 20.2 Å². The Balaban J connectivity index is 3.31. The van der Waals surface area contributed by atoms with Crippen LogP contribution in [0.4, 0.5) is 17.1 Å². The van der Waals surface area contributed by atoms with Crippen LogP contribution in [0, 0.1) is 0 Å². The zero-order chi connectivity index (χ0) is 10.7. The second kappa shape index (κ2) is 4.00. The summed E-state index contributed by atoms with van der Waals surface area (Å²) in [4.78, 5) is 5.74. The minimum absolute atomic E-state index is 0.601. The quantitative estimate of drug-likeness (QED) is 0.587. The van der Waals surface area contributed by atoms with Gasteiger partial charge in [-0.1, -0.05) is 0 Å². The molecule has 1 aromatic rings. The maximum absolute atomic E-state index is 5.78. The van der Waals surface area contributed by atoms with E-state index in [9.17, 15) is 0 Å². The van der Waals surface area contributed by atoms with E-state index >= 15 is 0 Å². The second-order valence-corrected chi connectivity index (χ2v) is 3.14. The van der Waals surface area contributed by atoms with Gasteiger partial charge < -0.3 is 15.4 Å². The molecule has 0 saturated heterocycles. The lowest BCUT2D eigenvalue weighted by Gasteiger charge is -2.17. The summed E-state index contributed by atoms with van der Waals surface area (Å²) in [6, 6.07) is 3.60. The van der Waals surface area contributed by atoms with Crippen LogP contribution < -0.4 is 15.4 Å². The normalized spacial score (nSPS) is 9.64. The van der Waals surface area contributed by atoms with Crippen molar-refractivity contribution in [1.29, 1.82) is 0 Å². The molecular weight excluding hydrogens is 178 g/mol. The van der Waals surface area contributed by atoms with E-state index < -0.39 is 0 Å². The van der Waals surface area contributed by atoms with Crippen molar-refractivity contribution in [2.75, 3.05) is 31.8 Å². The van der Waals surface area contributed by atoms with Crippen molar-refractivity contribution in [2.45, 2.75) is 0 Å². The molecule has 0 aliphatic heterocycles. The Labute approximate surface area is 84.0 Å². The molecule has 0 fully saturated rings. The minimum Gasteiger partial charge on any atom is -0.495 e. The van der Waals surface area contributed by atoms with Crippen molar-refractivity contribution in [3.05, 3.63) is 12.1 Å². The van der Waals surface area contributed by atoms with Crippen LogP contribution in [0.25, 0.3) is 0 Å². The average molecular weight is 193 g/mol. The highest BCUT2D eigenvalue weighted by atomic mass is 16.5. The number of nitrogens with zero attached hydrogens (tertiary/aromatic N) is 2. The standard InChI is InChI=1S/C10H15N3O/c1-12-8-6-10(14-4)9(13(2)3)5-7(8)11/h5-6H,1,11H2,2-4H3. The molecule has 0 atom stereocenters. The maximum Gasteiger partial charge on any atom is 0.144 e. The molecular formula is C10H15N3O. The summed E-state index contributed by atoms with van der Waals surface area (Å²) in [5.74, 6) is 0.742. The molecule has 0 aromatic heterocycles. The lowest BCUT2D eigenvalue weighted by molar-refractivity contribution is 0.415. The minimum atomic E-state index is 0.601. The molecule has 4 heteroatoms. The van der Waals surface area contributed by atoms with Gasteiger partial charge in [0.15, 0.2) is 0 Å². The highest BCUT2D eigenvalue weighted by molar-refractivity contribution is 5.76. The second-order valence-electron chi connectivity index (χ2n) is 3.14. The van der Waals surface area contributed by atoms with Crippen LogP contribution in [-0.2, 0) is 0 Å². The fourth-order valence-corrected chi connectivity index (χ4v) is 1.22. The van der Waals surface area contributed by atoms with Crippen LogP contribution >= 0.6 is 0 Å². The van der Waals surface area contributed by atoms with E-state index in [1.807, 2.05) is 25.1 Å². The lowest BCUT2D eigenvalue weighted by atomic mass is 10.2. The monoisotopic (exact) mass is 193 g/mol. The fourth-order valence-electron chi connectivity index (χ4n) is 1.22. The third-order valence-electron chi connectivity index (χ3n) is 1.98. The van der Waals surface area contributed by atoms with Gasteiger partial charge in [-0.25, -0.2) is 0 Å². The Morgan fingerprint density at radius 2 is 2.07 bits per heavy atom. The largest absolute Gasteiger partial charge is 0.495 e. The fraction of sp³-hybridized carbons (Fsp3) is 0.300. The van der Waals surface area contributed by atoms with Crippen molar-refractivity contribution in [2.24, 2.45) is 4.99 Å². The average Bonchev–Trinajstić information content (AvgIpc) is 2.17. The first-order valence-electron chi connectivity index (χ1n) is 4.21. The third-order valence-corrected chi connectivity index (χ3v) is 1.98. The van der Waals surface area contributed by atoms with Crippen molar-refractivity contribution in [1.82, 2.24) is 0 Å². The maximum atomic E-state index is 5.78. The number of hydrogen-bond donors (Lipinski definition) is 1. The first-order valence-corrected chi connectivity index (χ1v) is 4.21. The smallest absolute Gasteiger partial charge is 0.144 e. The molecule has 0 aliphatic carbocycles. The Kier molecular flexibility index (Phi) is 2.96. The van der Waals surface area contributed by atoms with Gasteiger partial charge in [0.05, 0.1) is 24.2 Å². The predicted octanol–water partition coefficient (Wildman–Crippen LogP) is 1.68. The van der Waals surface area contributed by atoms with Crippen LogP contribution in [0.2, 0.25) is 0 Å². The van der Waals surface area contributed by atoms with Crippen molar-refractivity contribution in [3.63, 3.8) is 0 Å².